The second kappa shape index (κ2) is 9.79. The molecule has 1 aromatic carbocycles. The van der Waals surface area contributed by atoms with Crippen LogP contribution in [-0.2, 0) is 16.1 Å². The Morgan fingerprint density at radius 1 is 1.21 bits per heavy atom. The van der Waals surface area contributed by atoms with Gasteiger partial charge in [0.25, 0.3) is 5.56 Å². The molecule has 34 heavy (non-hydrogen) atoms. The van der Waals surface area contributed by atoms with E-state index in [4.69, 9.17) is 4.74 Å². The summed E-state index contributed by atoms with van der Waals surface area (Å²) in [5.74, 6) is -4.70. The molecule has 1 unspecified atom stereocenters. The molecule has 0 N–H and O–H groups in total. The van der Waals surface area contributed by atoms with E-state index in [0.717, 1.165) is 18.3 Å². The number of ether oxygens (including phenoxy) is 2. The molecule has 3 aromatic rings. The highest BCUT2D eigenvalue weighted by molar-refractivity contribution is 9.10. The highest BCUT2D eigenvalue weighted by Gasteiger charge is 2.43. The Hall–Kier alpha value is -3.49. The first kappa shape index (κ1) is 25.1. The van der Waals surface area contributed by atoms with Crippen LogP contribution in [0.15, 0.2) is 33.7 Å². The number of alkyl halides is 3. The zero-order valence-corrected chi connectivity index (χ0v) is 18.8. The highest BCUT2D eigenvalue weighted by Crippen LogP contribution is 2.27. The zero-order chi connectivity index (χ0) is 25.2. The molecule has 2 aromatic heterocycles. The van der Waals surface area contributed by atoms with Gasteiger partial charge in [-0.3, -0.25) is 9.36 Å². The van der Waals surface area contributed by atoms with Crippen LogP contribution in [0, 0.1) is 25.5 Å². The average molecular weight is 550 g/mol. The lowest BCUT2D eigenvalue weighted by molar-refractivity contribution is -0.207. The first-order valence-electron chi connectivity index (χ1n) is 9.18. The van der Waals surface area contributed by atoms with Gasteiger partial charge in [0.15, 0.2) is 0 Å². The van der Waals surface area contributed by atoms with Gasteiger partial charge in [-0.1, -0.05) is 0 Å². The van der Waals surface area contributed by atoms with Gasteiger partial charge in [-0.2, -0.15) is 18.2 Å². The molecule has 0 amide bonds. The summed E-state index contributed by atoms with van der Waals surface area (Å²) in [4.78, 5) is 32.3. The number of hydrogen-bond acceptors (Lipinski definition) is 8. The van der Waals surface area contributed by atoms with Gasteiger partial charge in [0, 0.05) is 11.6 Å². The third-order valence-electron chi connectivity index (χ3n) is 4.22. The summed E-state index contributed by atoms with van der Waals surface area (Å²) in [5.41, 5.74) is -1.44. The molecule has 2 heterocycles. The molecule has 180 valence electrons. The summed E-state index contributed by atoms with van der Waals surface area (Å²) in [6, 6.07) is 2.77. The van der Waals surface area contributed by atoms with Gasteiger partial charge >= 0.3 is 12.1 Å². The second-order valence-electron chi connectivity index (χ2n) is 6.66. The van der Waals surface area contributed by atoms with Crippen molar-refractivity contribution in [3.05, 3.63) is 73.8 Å². The predicted octanol–water partition coefficient (Wildman–Crippen LogP) is 3.32. The summed E-state index contributed by atoms with van der Waals surface area (Å²) in [5, 5.41) is 7.26. The number of carbonyl (C=O) groups is 1. The SMILES string of the molecule is Cc1ncc(C(OC(=O)C(F)(F)F)n2c(C)nc(OCc3ccc(F)cc3F)c(Br)c2=O)nn1. The molecule has 0 saturated heterocycles. The lowest BCUT2D eigenvalue weighted by Crippen LogP contribution is -2.36. The maximum absolute atomic E-state index is 13.8. The Morgan fingerprint density at radius 2 is 1.91 bits per heavy atom. The molecule has 9 nitrogen and oxygen atoms in total. The van der Waals surface area contributed by atoms with Crippen LogP contribution < -0.4 is 10.3 Å². The smallest absolute Gasteiger partial charge is 0.472 e. The molecule has 0 aliphatic rings. The summed E-state index contributed by atoms with van der Waals surface area (Å²) in [6.45, 7) is 2.24. The maximum atomic E-state index is 13.8. The monoisotopic (exact) mass is 549 g/mol. The van der Waals surface area contributed by atoms with Crippen molar-refractivity contribution in [3.8, 4) is 5.88 Å². The molecule has 1 atom stereocenters. The first-order chi connectivity index (χ1) is 15.9. The Balaban J connectivity index is 2.01. The van der Waals surface area contributed by atoms with E-state index < -0.39 is 42.2 Å². The number of benzene rings is 1. The molecule has 0 bridgehead atoms. The Bertz CT molecular complexity index is 1280. The third kappa shape index (κ3) is 5.52. The summed E-state index contributed by atoms with van der Waals surface area (Å²) in [6.07, 6.45) is -6.40. The summed E-state index contributed by atoms with van der Waals surface area (Å²) in [7, 11) is 0. The van der Waals surface area contributed by atoms with E-state index in [-0.39, 0.29) is 33.3 Å². The van der Waals surface area contributed by atoms with Gasteiger partial charge in [-0.05, 0) is 41.9 Å². The fraction of sp³-hybridized carbons (Fsp3) is 0.263. The van der Waals surface area contributed by atoms with Crippen LogP contribution in [0.1, 0.15) is 29.1 Å². The summed E-state index contributed by atoms with van der Waals surface area (Å²) >= 11 is 2.94. The molecule has 0 fully saturated rings. The van der Waals surface area contributed by atoms with Crippen molar-refractivity contribution in [2.75, 3.05) is 0 Å². The quantitative estimate of drug-likeness (QED) is 0.340. The van der Waals surface area contributed by atoms with Gasteiger partial charge in [0.1, 0.15) is 40.1 Å². The van der Waals surface area contributed by atoms with Gasteiger partial charge in [0.2, 0.25) is 12.1 Å². The lowest BCUT2D eigenvalue weighted by Gasteiger charge is -2.22. The molecule has 0 aliphatic carbocycles. The third-order valence-corrected chi connectivity index (χ3v) is 4.90. The van der Waals surface area contributed by atoms with Crippen LogP contribution >= 0.6 is 15.9 Å². The number of esters is 1. The number of aryl methyl sites for hydroxylation is 2. The summed E-state index contributed by atoms with van der Waals surface area (Å²) < 4.78 is 75.6. The average Bonchev–Trinajstić information content (AvgIpc) is 2.75. The molecule has 0 radical (unpaired) electrons. The van der Waals surface area contributed by atoms with E-state index in [1.54, 1.807) is 0 Å². The number of nitrogens with zero attached hydrogens (tertiary/aromatic N) is 5. The van der Waals surface area contributed by atoms with Crippen LogP contribution in [0.25, 0.3) is 0 Å². The van der Waals surface area contributed by atoms with E-state index in [9.17, 15) is 31.5 Å². The fourth-order valence-corrected chi connectivity index (χ4v) is 3.01. The van der Waals surface area contributed by atoms with Crippen molar-refractivity contribution in [2.24, 2.45) is 0 Å². The minimum Gasteiger partial charge on any atom is -0.472 e. The zero-order valence-electron chi connectivity index (χ0n) is 17.2. The van der Waals surface area contributed by atoms with Crippen LogP contribution in [0.4, 0.5) is 22.0 Å². The van der Waals surface area contributed by atoms with E-state index >= 15 is 0 Å². The maximum Gasteiger partial charge on any atom is 0.491 e. The van der Waals surface area contributed by atoms with Crippen molar-refractivity contribution in [3.63, 3.8) is 0 Å². The van der Waals surface area contributed by atoms with Crippen LogP contribution in [0.2, 0.25) is 0 Å². The molecular weight excluding hydrogens is 537 g/mol. The van der Waals surface area contributed by atoms with Crippen LogP contribution in [0.3, 0.4) is 0 Å². The minimum atomic E-state index is -5.37. The van der Waals surface area contributed by atoms with Crippen molar-refractivity contribution in [2.45, 2.75) is 32.9 Å². The van der Waals surface area contributed by atoms with Crippen molar-refractivity contribution < 1.29 is 36.2 Å². The number of aromatic nitrogens is 5. The van der Waals surface area contributed by atoms with E-state index in [1.807, 2.05) is 0 Å². The number of hydrogen-bond donors (Lipinski definition) is 0. The van der Waals surface area contributed by atoms with Crippen molar-refractivity contribution in [1.82, 2.24) is 24.7 Å². The number of rotatable bonds is 6. The number of carbonyl (C=O) groups excluding carboxylic acids is 1. The van der Waals surface area contributed by atoms with Gasteiger partial charge in [0.05, 0.1) is 6.20 Å². The van der Waals surface area contributed by atoms with Crippen molar-refractivity contribution in [1.29, 1.82) is 0 Å². The first-order valence-corrected chi connectivity index (χ1v) is 9.97. The number of halogens is 6. The topological polar surface area (TPSA) is 109 Å². The Morgan fingerprint density at radius 3 is 2.50 bits per heavy atom. The standard InChI is InChI=1S/C19H13BrF5N5O4/c1-8-26-6-13(29-28-8)17(34-18(32)19(23,24)25)30-9(2)27-15(14(20)16(30)31)33-7-10-3-4-11(21)5-12(10)22/h3-6,17H,7H2,1-2H3. The lowest BCUT2D eigenvalue weighted by atomic mass is 10.2. The van der Waals surface area contributed by atoms with E-state index in [2.05, 4.69) is 40.8 Å². The van der Waals surface area contributed by atoms with E-state index in [0.29, 0.717) is 10.6 Å². The highest BCUT2D eigenvalue weighted by atomic mass is 79.9. The normalized spacial score (nSPS) is 12.4. The van der Waals surface area contributed by atoms with Crippen LogP contribution in [0.5, 0.6) is 5.88 Å². The van der Waals surface area contributed by atoms with Gasteiger partial charge in [-0.25, -0.2) is 18.6 Å². The molecule has 0 saturated carbocycles. The molecule has 15 heteroatoms. The molecular formula is C19H13BrF5N5O4. The molecule has 3 rings (SSSR count). The Labute approximate surface area is 195 Å². The Kier molecular flexibility index (Phi) is 7.24. The predicted molar refractivity (Wildman–Crippen MR) is 106 cm³/mol. The van der Waals surface area contributed by atoms with Gasteiger partial charge in [-0.15, -0.1) is 10.2 Å². The van der Waals surface area contributed by atoms with E-state index in [1.165, 1.54) is 13.8 Å². The largest absolute Gasteiger partial charge is 0.491 e. The molecule has 0 spiro atoms. The minimum absolute atomic E-state index is 0.0464. The van der Waals surface area contributed by atoms with Crippen molar-refractivity contribution >= 4 is 21.9 Å². The van der Waals surface area contributed by atoms with Gasteiger partial charge < -0.3 is 9.47 Å². The van der Waals surface area contributed by atoms with Crippen LogP contribution in [-0.4, -0.2) is 36.9 Å². The fourth-order valence-electron chi connectivity index (χ4n) is 2.62. The second-order valence-corrected chi connectivity index (χ2v) is 7.46. The molecule has 0 aliphatic heterocycles.